The second kappa shape index (κ2) is 3.77. The van der Waals surface area contributed by atoms with E-state index in [9.17, 15) is 9.47 Å². The molecule has 0 amide bonds. The van der Waals surface area contributed by atoms with E-state index in [0.29, 0.717) is 0 Å². The second-order valence-corrected chi connectivity index (χ2v) is 3.04. The maximum atomic E-state index is 10.2. The maximum absolute atomic E-state index is 10.2. The van der Waals surface area contributed by atoms with Gasteiger partial charge < -0.3 is 9.79 Å². The molecule has 0 fully saturated rings. The lowest BCUT2D eigenvalue weighted by Crippen LogP contribution is -2.25. The number of phosphoric ester groups is 1. The van der Waals surface area contributed by atoms with Crippen molar-refractivity contribution in [3.63, 3.8) is 0 Å². The molecule has 0 saturated carbocycles. The fraction of sp³-hybridized carbons (Fsp3) is 1.00. The second-order valence-electron chi connectivity index (χ2n) is 1.85. The summed E-state index contributed by atoms with van der Waals surface area (Å²) in [5, 5.41) is 3.14. The monoisotopic (exact) mass is 184 g/mol. The zero-order valence-electron chi connectivity index (χ0n) is 6.04. The minimum Gasteiger partial charge on any atom is -0.303 e. The van der Waals surface area contributed by atoms with Crippen LogP contribution in [0.25, 0.3) is 0 Å². The Kier molecular flexibility index (Phi) is 3.61. The third kappa shape index (κ3) is 4.86. The number of hydrogen-bond acceptors (Lipinski definition) is 4. The van der Waals surface area contributed by atoms with Crippen LogP contribution in [0.3, 0.4) is 0 Å². The molecule has 0 bridgehead atoms. The summed E-state index contributed by atoms with van der Waals surface area (Å²) in [4.78, 5) is 26.3. The summed E-state index contributed by atoms with van der Waals surface area (Å²) in [5.41, 5.74) is 0. The SMILES string of the molecule is CC(OP(=O)(O)O)N(C)N=O. The molecule has 7 nitrogen and oxygen atoms in total. The van der Waals surface area contributed by atoms with Gasteiger partial charge in [0.2, 0.25) is 0 Å². The van der Waals surface area contributed by atoms with Gasteiger partial charge in [-0.2, -0.15) is 0 Å². The molecule has 0 aliphatic carbocycles. The van der Waals surface area contributed by atoms with Crippen LogP contribution in [0.1, 0.15) is 6.92 Å². The van der Waals surface area contributed by atoms with Crippen molar-refractivity contribution in [3.8, 4) is 0 Å². The summed E-state index contributed by atoms with van der Waals surface area (Å²) >= 11 is 0. The van der Waals surface area contributed by atoms with Gasteiger partial charge in [0.1, 0.15) is 0 Å². The molecule has 0 radical (unpaired) electrons. The minimum atomic E-state index is -4.53. The third-order valence-electron chi connectivity index (χ3n) is 0.945. The molecule has 0 spiro atoms. The van der Waals surface area contributed by atoms with E-state index in [1.807, 2.05) is 0 Å². The average molecular weight is 184 g/mol. The first-order valence-corrected chi connectivity index (χ1v) is 4.20. The first-order valence-electron chi connectivity index (χ1n) is 2.67. The van der Waals surface area contributed by atoms with E-state index in [0.717, 1.165) is 5.01 Å². The number of hydrogen-bond donors (Lipinski definition) is 2. The van der Waals surface area contributed by atoms with E-state index in [1.165, 1.54) is 14.0 Å². The molecular weight excluding hydrogens is 175 g/mol. The van der Waals surface area contributed by atoms with Gasteiger partial charge in [0.15, 0.2) is 6.23 Å². The van der Waals surface area contributed by atoms with Crippen molar-refractivity contribution in [1.82, 2.24) is 5.01 Å². The highest BCUT2D eigenvalue weighted by Crippen LogP contribution is 2.37. The van der Waals surface area contributed by atoms with Crippen LogP contribution in [-0.4, -0.2) is 28.1 Å². The fourth-order valence-corrected chi connectivity index (χ4v) is 0.867. The third-order valence-corrected chi connectivity index (χ3v) is 1.52. The van der Waals surface area contributed by atoms with E-state index in [2.05, 4.69) is 9.81 Å². The largest absolute Gasteiger partial charge is 0.471 e. The van der Waals surface area contributed by atoms with Crippen molar-refractivity contribution in [2.45, 2.75) is 13.2 Å². The van der Waals surface area contributed by atoms with Crippen molar-refractivity contribution in [2.24, 2.45) is 5.29 Å². The van der Waals surface area contributed by atoms with Crippen molar-refractivity contribution >= 4 is 7.82 Å². The molecule has 2 N–H and O–H groups in total. The number of phosphoric acid groups is 1. The molecule has 0 rings (SSSR count). The van der Waals surface area contributed by atoms with Crippen LogP contribution in [-0.2, 0) is 9.09 Å². The lowest BCUT2D eigenvalue weighted by molar-refractivity contribution is 0.0333. The summed E-state index contributed by atoms with van der Waals surface area (Å²) in [6, 6.07) is 0. The molecule has 1 atom stereocenters. The molecular formula is C3H9N2O5P. The highest BCUT2D eigenvalue weighted by Gasteiger charge is 2.21. The van der Waals surface area contributed by atoms with Gasteiger partial charge in [-0.25, -0.2) is 9.57 Å². The van der Waals surface area contributed by atoms with Crippen LogP contribution < -0.4 is 0 Å². The van der Waals surface area contributed by atoms with Crippen molar-refractivity contribution in [1.29, 1.82) is 0 Å². The summed E-state index contributed by atoms with van der Waals surface area (Å²) in [6.45, 7) is 1.29. The first kappa shape index (κ1) is 10.5. The van der Waals surface area contributed by atoms with Crippen molar-refractivity contribution in [2.75, 3.05) is 7.05 Å². The van der Waals surface area contributed by atoms with Gasteiger partial charge in [-0.1, -0.05) is 0 Å². The van der Waals surface area contributed by atoms with Gasteiger partial charge in [-0.05, 0) is 6.92 Å². The summed E-state index contributed by atoms with van der Waals surface area (Å²) in [7, 11) is -3.29. The number of nitrogens with zero attached hydrogens (tertiary/aromatic N) is 2. The Morgan fingerprint density at radius 2 is 2.09 bits per heavy atom. The average Bonchev–Trinajstić information content (AvgIpc) is 1.82. The molecule has 0 heterocycles. The highest BCUT2D eigenvalue weighted by molar-refractivity contribution is 7.46. The molecule has 11 heavy (non-hydrogen) atoms. The Morgan fingerprint density at radius 1 is 1.64 bits per heavy atom. The van der Waals surface area contributed by atoms with E-state index in [4.69, 9.17) is 9.79 Å². The Bertz CT molecular complexity index is 179. The van der Waals surface area contributed by atoms with Crippen LogP contribution in [0, 0.1) is 4.91 Å². The predicted octanol–water partition coefficient (Wildman–Crippen LogP) is 0.0549. The molecule has 0 aliphatic heterocycles. The lowest BCUT2D eigenvalue weighted by atomic mass is 10.7. The zero-order valence-corrected chi connectivity index (χ0v) is 6.93. The lowest BCUT2D eigenvalue weighted by Gasteiger charge is -2.18. The van der Waals surface area contributed by atoms with E-state index >= 15 is 0 Å². The normalized spacial score (nSPS) is 14.2. The summed E-state index contributed by atoms with van der Waals surface area (Å²) < 4.78 is 14.3. The topological polar surface area (TPSA) is 99.4 Å². The Labute approximate surface area is 63.1 Å². The molecule has 0 aromatic carbocycles. The van der Waals surface area contributed by atoms with Crippen LogP contribution >= 0.6 is 7.82 Å². The number of nitroso groups, excluding NO2 is 1. The van der Waals surface area contributed by atoms with Gasteiger partial charge in [0.25, 0.3) is 0 Å². The standard InChI is InChI=1S/C3H9N2O5P/c1-3(5(2)4-6)10-11(7,8)9/h3H,1-2H3,(H2,7,8,9). The molecule has 0 aromatic heterocycles. The fourth-order valence-electron chi connectivity index (χ4n) is 0.333. The van der Waals surface area contributed by atoms with E-state index < -0.39 is 14.1 Å². The maximum Gasteiger partial charge on any atom is 0.471 e. The van der Waals surface area contributed by atoms with Crippen LogP contribution in [0.5, 0.6) is 0 Å². The Morgan fingerprint density at radius 3 is 2.36 bits per heavy atom. The van der Waals surface area contributed by atoms with Gasteiger partial charge in [0, 0.05) is 7.05 Å². The zero-order chi connectivity index (χ0) is 9.07. The molecule has 0 saturated heterocycles. The molecule has 8 heteroatoms. The van der Waals surface area contributed by atoms with Gasteiger partial charge in [0.05, 0.1) is 5.29 Å². The van der Waals surface area contributed by atoms with Crippen LogP contribution in [0.4, 0.5) is 0 Å². The number of rotatable bonds is 4. The highest BCUT2D eigenvalue weighted by atomic mass is 31.2. The Hall–Kier alpha value is -0.490. The minimum absolute atomic E-state index is 0.749. The van der Waals surface area contributed by atoms with Crippen molar-refractivity contribution < 1.29 is 18.9 Å². The first-order chi connectivity index (χ1) is 4.87. The van der Waals surface area contributed by atoms with Gasteiger partial charge in [-0.3, -0.25) is 4.52 Å². The van der Waals surface area contributed by atoms with Crippen molar-refractivity contribution in [3.05, 3.63) is 4.91 Å². The van der Waals surface area contributed by atoms with Crippen LogP contribution in [0.2, 0.25) is 0 Å². The summed E-state index contributed by atoms with van der Waals surface area (Å²) in [5.74, 6) is 0. The molecule has 66 valence electrons. The molecule has 0 aliphatic rings. The quantitative estimate of drug-likeness (QED) is 0.277. The van der Waals surface area contributed by atoms with Gasteiger partial charge in [-0.15, -0.1) is 4.91 Å². The predicted molar refractivity (Wildman–Crippen MR) is 36.1 cm³/mol. The Balaban J connectivity index is 3.97. The molecule has 1 unspecified atom stereocenters. The summed E-state index contributed by atoms with van der Waals surface area (Å²) in [6.07, 6.45) is -1.03. The van der Waals surface area contributed by atoms with E-state index in [1.54, 1.807) is 0 Å². The van der Waals surface area contributed by atoms with Crippen LogP contribution in [0.15, 0.2) is 5.29 Å². The molecule has 0 aromatic rings. The van der Waals surface area contributed by atoms with Gasteiger partial charge >= 0.3 is 7.82 Å². The smallest absolute Gasteiger partial charge is 0.303 e. The van der Waals surface area contributed by atoms with E-state index in [-0.39, 0.29) is 0 Å².